The van der Waals surface area contributed by atoms with Crippen LogP contribution in [0.25, 0.3) is 11.0 Å². The second kappa shape index (κ2) is 5.11. The maximum Gasteiger partial charge on any atom is 0.140 e. The summed E-state index contributed by atoms with van der Waals surface area (Å²) < 4.78 is 3.07. The molecule has 2 N–H and O–H groups in total. The van der Waals surface area contributed by atoms with Crippen molar-refractivity contribution in [2.45, 2.75) is 13.1 Å². The Kier molecular flexibility index (Phi) is 3.31. The lowest BCUT2D eigenvalue weighted by atomic mass is 10.2. The molecule has 0 bridgehead atoms. The van der Waals surface area contributed by atoms with E-state index in [1.165, 1.54) is 0 Å². The Morgan fingerprint density at radius 1 is 1.21 bits per heavy atom. The highest BCUT2D eigenvalue weighted by molar-refractivity contribution is 9.10. The summed E-state index contributed by atoms with van der Waals surface area (Å²) in [6.45, 7) is 1.21. The molecule has 0 radical (unpaired) electrons. The molecule has 3 heterocycles. The summed E-state index contributed by atoms with van der Waals surface area (Å²) in [6.07, 6.45) is 5.66. The van der Waals surface area contributed by atoms with Crippen LogP contribution in [0.3, 0.4) is 0 Å². The van der Waals surface area contributed by atoms with E-state index in [4.69, 9.17) is 5.73 Å². The van der Waals surface area contributed by atoms with Crippen molar-refractivity contribution >= 4 is 27.0 Å². The number of nitrogens with zero attached hydrogens (tertiary/aromatic N) is 3. The molecule has 0 fully saturated rings. The van der Waals surface area contributed by atoms with E-state index < -0.39 is 0 Å². The molecule has 0 aromatic carbocycles. The third-order valence-electron chi connectivity index (χ3n) is 3.06. The van der Waals surface area contributed by atoms with Crippen LogP contribution in [0.5, 0.6) is 0 Å². The molecule has 0 unspecified atom stereocenters. The van der Waals surface area contributed by atoms with Gasteiger partial charge in [0.1, 0.15) is 5.65 Å². The third kappa shape index (κ3) is 2.39. The van der Waals surface area contributed by atoms with E-state index in [0.717, 1.165) is 26.8 Å². The summed E-state index contributed by atoms with van der Waals surface area (Å²) in [4.78, 5) is 8.82. The number of halogens is 1. The van der Waals surface area contributed by atoms with Crippen LogP contribution in [0.2, 0.25) is 0 Å². The quantitative estimate of drug-likeness (QED) is 0.808. The van der Waals surface area contributed by atoms with Crippen LogP contribution in [0, 0.1) is 0 Å². The number of fused-ring (bicyclic) bond motifs is 1. The number of hydrogen-bond acceptors (Lipinski definition) is 3. The molecule has 0 saturated carbocycles. The van der Waals surface area contributed by atoms with Crippen molar-refractivity contribution in [3.8, 4) is 0 Å². The van der Waals surface area contributed by atoms with E-state index in [1.807, 2.05) is 18.2 Å². The van der Waals surface area contributed by atoms with Crippen LogP contribution in [-0.4, -0.2) is 14.5 Å². The Labute approximate surface area is 119 Å². The van der Waals surface area contributed by atoms with Crippen molar-refractivity contribution < 1.29 is 0 Å². The molecule has 0 amide bonds. The number of rotatable bonds is 3. The number of pyridine rings is 2. The number of hydrogen-bond donors (Lipinski definition) is 1. The highest BCUT2D eigenvalue weighted by Crippen LogP contribution is 2.20. The molecule has 0 spiro atoms. The molecule has 4 nitrogen and oxygen atoms in total. The molecule has 19 heavy (non-hydrogen) atoms. The van der Waals surface area contributed by atoms with Gasteiger partial charge in [-0.1, -0.05) is 0 Å². The molecule has 5 heteroatoms. The van der Waals surface area contributed by atoms with Crippen molar-refractivity contribution in [3.05, 3.63) is 58.6 Å². The highest BCUT2D eigenvalue weighted by atomic mass is 79.9. The highest BCUT2D eigenvalue weighted by Gasteiger charge is 2.08. The Balaban J connectivity index is 2.03. The van der Waals surface area contributed by atoms with Gasteiger partial charge in [-0.2, -0.15) is 0 Å². The minimum Gasteiger partial charge on any atom is -0.326 e. The van der Waals surface area contributed by atoms with E-state index in [-0.39, 0.29) is 0 Å². The molecule has 3 rings (SSSR count). The fourth-order valence-electron chi connectivity index (χ4n) is 2.15. The molecule has 3 aromatic heterocycles. The maximum atomic E-state index is 5.78. The lowest BCUT2D eigenvalue weighted by molar-refractivity contribution is 0.792. The second-order valence-corrected chi connectivity index (χ2v) is 5.24. The Morgan fingerprint density at radius 3 is 2.84 bits per heavy atom. The van der Waals surface area contributed by atoms with Crippen molar-refractivity contribution in [2.24, 2.45) is 5.73 Å². The van der Waals surface area contributed by atoms with Crippen LogP contribution >= 0.6 is 15.9 Å². The monoisotopic (exact) mass is 316 g/mol. The van der Waals surface area contributed by atoms with E-state index in [2.05, 4.69) is 42.7 Å². The lowest BCUT2D eigenvalue weighted by Crippen LogP contribution is -2.01. The van der Waals surface area contributed by atoms with E-state index in [0.29, 0.717) is 13.1 Å². The molecule has 0 atom stereocenters. The largest absolute Gasteiger partial charge is 0.326 e. The molecular formula is C14H13BrN4. The van der Waals surface area contributed by atoms with Gasteiger partial charge in [-0.3, -0.25) is 4.98 Å². The molecular weight excluding hydrogens is 304 g/mol. The molecule has 0 saturated heterocycles. The summed E-state index contributed by atoms with van der Waals surface area (Å²) >= 11 is 3.39. The summed E-state index contributed by atoms with van der Waals surface area (Å²) in [6, 6.07) is 7.98. The predicted octanol–water partition coefficient (Wildman–Crippen LogP) is 2.70. The van der Waals surface area contributed by atoms with Gasteiger partial charge in [-0.15, -0.1) is 0 Å². The first-order valence-corrected chi connectivity index (χ1v) is 6.80. The predicted molar refractivity (Wildman–Crippen MR) is 78.7 cm³/mol. The first-order valence-electron chi connectivity index (χ1n) is 6.01. The van der Waals surface area contributed by atoms with Crippen LogP contribution in [0.1, 0.15) is 11.3 Å². The number of nitrogens with two attached hydrogens (primary N) is 1. The minimum absolute atomic E-state index is 0.517. The maximum absolute atomic E-state index is 5.78. The fourth-order valence-corrected chi connectivity index (χ4v) is 2.39. The molecule has 0 aliphatic heterocycles. The van der Waals surface area contributed by atoms with Gasteiger partial charge in [0.05, 0.1) is 12.2 Å². The van der Waals surface area contributed by atoms with Crippen LogP contribution < -0.4 is 5.73 Å². The summed E-state index contributed by atoms with van der Waals surface area (Å²) in [5.74, 6) is 0. The van der Waals surface area contributed by atoms with Crippen molar-refractivity contribution in [2.75, 3.05) is 0 Å². The van der Waals surface area contributed by atoms with E-state index in [9.17, 15) is 0 Å². The average Bonchev–Trinajstić information content (AvgIpc) is 2.80. The van der Waals surface area contributed by atoms with Gasteiger partial charge in [0.2, 0.25) is 0 Å². The van der Waals surface area contributed by atoms with Crippen LogP contribution in [0.15, 0.2) is 47.3 Å². The zero-order chi connectivity index (χ0) is 13.2. The zero-order valence-electron chi connectivity index (χ0n) is 10.3. The minimum atomic E-state index is 0.517. The van der Waals surface area contributed by atoms with Gasteiger partial charge in [0.25, 0.3) is 0 Å². The lowest BCUT2D eigenvalue weighted by Gasteiger charge is -2.04. The smallest absolute Gasteiger partial charge is 0.140 e. The Hall–Kier alpha value is -1.72. The summed E-state index contributed by atoms with van der Waals surface area (Å²) in [7, 11) is 0. The van der Waals surface area contributed by atoms with Crippen LogP contribution in [-0.2, 0) is 13.1 Å². The van der Waals surface area contributed by atoms with Gasteiger partial charge >= 0.3 is 0 Å². The van der Waals surface area contributed by atoms with Gasteiger partial charge in [0.15, 0.2) is 0 Å². The summed E-state index contributed by atoms with van der Waals surface area (Å²) in [5.41, 5.74) is 8.84. The second-order valence-electron chi connectivity index (χ2n) is 4.33. The Morgan fingerprint density at radius 2 is 2.11 bits per heavy atom. The average molecular weight is 317 g/mol. The van der Waals surface area contributed by atoms with Gasteiger partial charge in [-0.25, -0.2) is 4.98 Å². The van der Waals surface area contributed by atoms with E-state index >= 15 is 0 Å². The standard InChI is InChI=1S/C14H13BrN4/c15-11-3-4-12(18-7-11)9-19-8-10(6-16)13-2-1-5-17-14(13)19/h1-5,7-8H,6,9,16H2. The van der Waals surface area contributed by atoms with Crippen molar-refractivity contribution in [3.63, 3.8) is 0 Å². The van der Waals surface area contributed by atoms with Crippen molar-refractivity contribution in [1.82, 2.24) is 14.5 Å². The topological polar surface area (TPSA) is 56.7 Å². The zero-order valence-corrected chi connectivity index (χ0v) is 11.8. The van der Waals surface area contributed by atoms with Gasteiger partial charge in [0, 0.05) is 35.0 Å². The molecule has 96 valence electrons. The third-order valence-corrected chi connectivity index (χ3v) is 3.53. The molecule has 0 aliphatic rings. The summed E-state index contributed by atoms with van der Waals surface area (Å²) in [5, 5.41) is 1.11. The van der Waals surface area contributed by atoms with Crippen LogP contribution in [0.4, 0.5) is 0 Å². The normalized spacial score (nSPS) is 11.1. The fraction of sp³-hybridized carbons (Fsp3) is 0.143. The van der Waals surface area contributed by atoms with Gasteiger partial charge < -0.3 is 10.3 Å². The Bertz CT molecular complexity index is 703. The molecule has 0 aliphatic carbocycles. The van der Waals surface area contributed by atoms with Crippen molar-refractivity contribution in [1.29, 1.82) is 0 Å². The first kappa shape index (κ1) is 12.3. The van der Waals surface area contributed by atoms with Gasteiger partial charge in [-0.05, 0) is 45.8 Å². The number of aromatic nitrogens is 3. The van der Waals surface area contributed by atoms with E-state index in [1.54, 1.807) is 12.4 Å². The SMILES string of the molecule is NCc1cn(Cc2ccc(Br)cn2)c2ncccc12. The molecule has 3 aromatic rings. The first-order chi connectivity index (χ1) is 9.28.